The zero-order valence-corrected chi connectivity index (χ0v) is 4.82. The molecule has 0 rings (SSSR count). The first kappa shape index (κ1) is 8.13. The smallest absolute Gasteiger partial charge is 0.323 e. The molecule has 2 atom stereocenters. The molecule has 0 aliphatic carbocycles. The Balaban J connectivity index is 3.86. The highest BCUT2D eigenvalue weighted by Gasteiger charge is 2.17. The normalized spacial score (nSPS) is 16.2. The minimum atomic E-state index is -1.26. The summed E-state index contributed by atoms with van der Waals surface area (Å²) in [6, 6.07) is -1.26. The molecule has 0 radical (unpaired) electrons. The summed E-state index contributed by atoms with van der Waals surface area (Å²) >= 11 is 0. The number of nitrogens with two attached hydrogens (primary N) is 1. The predicted molar refractivity (Wildman–Crippen MR) is 31.8 cm³/mol. The molecule has 0 spiro atoms. The zero-order valence-electron chi connectivity index (χ0n) is 4.82. The van der Waals surface area contributed by atoms with Gasteiger partial charge < -0.3 is 15.9 Å². The summed E-state index contributed by atoms with van der Waals surface area (Å²) in [6.45, 7) is 3.17. The molecule has 0 aliphatic heterocycles. The van der Waals surface area contributed by atoms with E-state index in [1.54, 1.807) is 0 Å². The summed E-state index contributed by atoms with van der Waals surface area (Å²) in [5.41, 5.74) is 4.95. The van der Waals surface area contributed by atoms with E-state index in [2.05, 4.69) is 6.58 Å². The lowest BCUT2D eigenvalue weighted by Gasteiger charge is -2.08. The van der Waals surface area contributed by atoms with Gasteiger partial charge in [0.05, 0.1) is 6.10 Å². The molecule has 0 aromatic rings. The van der Waals surface area contributed by atoms with Crippen molar-refractivity contribution in [1.29, 1.82) is 0 Å². The molecular weight excluding hydrogens is 122 g/mol. The Labute approximate surface area is 52.6 Å². The second-order valence-electron chi connectivity index (χ2n) is 1.59. The highest BCUT2D eigenvalue weighted by molar-refractivity contribution is 5.74. The van der Waals surface area contributed by atoms with Crippen molar-refractivity contribution in [2.24, 2.45) is 5.73 Å². The Morgan fingerprint density at radius 2 is 2.22 bits per heavy atom. The SMILES string of the molecule is C=C[C@H](O)[C@H](N)C(=O)O. The first-order valence-corrected chi connectivity index (χ1v) is 2.38. The predicted octanol–water partition coefficient (Wildman–Crippen LogP) is -1.05. The first-order valence-electron chi connectivity index (χ1n) is 2.38. The van der Waals surface area contributed by atoms with E-state index in [-0.39, 0.29) is 0 Å². The van der Waals surface area contributed by atoms with Crippen LogP contribution in [0, 0.1) is 0 Å². The van der Waals surface area contributed by atoms with E-state index in [4.69, 9.17) is 15.9 Å². The van der Waals surface area contributed by atoms with Gasteiger partial charge in [-0.1, -0.05) is 6.08 Å². The molecule has 0 aromatic carbocycles. The summed E-state index contributed by atoms with van der Waals surface area (Å²) in [6.07, 6.45) is -0.0822. The van der Waals surface area contributed by atoms with Crippen molar-refractivity contribution in [1.82, 2.24) is 0 Å². The molecule has 4 nitrogen and oxygen atoms in total. The summed E-state index contributed by atoms with van der Waals surface area (Å²) in [5, 5.41) is 16.8. The maximum absolute atomic E-state index is 9.97. The second kappa shape index (κ2) is 3.21. The van der Waals surface area contributed by atoms with Crippen molar-refractivity contribution in [3.63, 3.8) is 0 Å². The number of carboxylic acids is 1. The van der Waals surface area contributed by atoms with Gasteiger partial charge in [0.1, 0.15) is 6.04 Å². The van der Waals surface area contributed by atoms with E-state index in [0.29, 0.717) is 0 Å². The minimum absolute atomic E-state index is 1.08. The largest absolute Gasteiger partial charge is 0.480 e. The molecule has 0 heterocycles. The Morgan fingerprint density at radius 1 is 1.78 bits per heavy atom. The molecule has 0 saturated carbocycles. The summed E-state index contributed by atoms with van der Waals surface area (Å²) in [7, 11) is 0. The lowest BCUT2D eigenvalue weighted by Crippen LogP contribution is -2.40. The van der Waals surface area contributed by atoms with E-state index in [1.165, 1.54) is 0 Å². The van der Waals surface area contributed by atoms with Gasteiger partial charge in [-0.05, 0) is 0 Å². The number of hydrogen-bond acceptors (Lipinski definition) is 3. The fourth-order valence-corrected chi connectivity index (χ4v) is 0.293. The quantitative estimate of drug-likeness (QED) is 0.426. The summed E-state index contributed by atoms with van der Waals surface area (Å²) in [5.74, 6) is -1.23. The third-order valence-electron chi connectivity index (χ3n) is 0.895. The van der Waals surface area contributed by atoms with Crippen LogP contribution in [0.1, 0.15) is 0 Å². The van der Waals surface area contributed by atoms with Crippen LogP contribution in [0.5, 0.6) is 0 Å². The molecule has 52 valence electrons. The number of aliphatic carboxylic acids is 1. The summed E-state index contributed by atoms with van der Waals surface area (Å²) in [4.78, 5) is 9.97. The van der Waals surface area contributed by atoms with Crippen LogP contribution in [0.4, 0.5) is 0 Å². The zero-order chi connectivity index (χ0) is 7.44. The number of hydrogen-bond donors (Lipinski definition) is 3. The lowest BCUT2D eigenvalue weighted by atomic mass is 10.2. The number of aliphatic hydroxyl groups excluding tert-OH is 1. The van der Waals surface area contributed by atoms with Crippen LogP contribution >= 0.6 is 0 Å². The lowest BCUT2D eigenvalue weighted by molar-refractivity contribution is -0.140. The monoisotopic (exact) mass is 131 g/mol. The third kappa shape index (κ3) is 2.25. The Bertz CT molecular complexity index is 123. The van der Waals surface area contributed by atoms with Crippen molar-refractivity contribution in [3.05, 3.63) is 12.7 Å². The van der Waals surface area contributed by atoms with E-state index in [0.717, 1.165) is 6.08 Å². The van der Waals surface area contributed by atoms with Gasteiger partial charge in [-0.3, -0.25) is 4.79 Å². The van der Waals surface area contributed by atoms with E-state index < -0.39 is 18.1 Å². The minimum Gasteiger partial charge on any atom is -0.480 e. The molecule has 9 heavy (non-hydrogen) atoms. The van der Waals surface area contributed by atoms with Crippen LogP contribution in [-0.4, -0.2) is 28.3 Å². The number of carboxylic acid groups (broad SMARTS) is 1. The van der Waals surface area contributed by atoms with Crippen molar-refractivity contribution in [2.45, 2.75) is 12.1 Å². The Hall–Kier alpha value is -0.870. The number of aliphatic hydroxyl groups is 1. The van der Waals surface area contributed by atoms with Crippen molar-refractivity contribution < 1.29 is 15.0 Å². The van der Waals surface area contributed by atoms with Crippen LogP contribution in [0.15, 0.2) is 12.7 Å². The summed E-state index contributed by atoms with van der Waals surface area (Å²) < 4.78 is 0. The van der Waals surface area contributed by atoms with Crippen LogP contribution in [0.25, 0.3) is 0 Å². The van der Waals surface area contributed by atoms with E-state index in [9.17, 15) is 4.79 Å². The third-order valence-corrected chi connectivity index (χ3v) is 0.895. The molecule has 0 fully saturated rings. The van der Waals surface area contributed by atoms with Crippen LogP contribution in [0.2, 0.25) is 0 Å². The standard InChI is InChI=1S/C5H9NO3/c1-2-3(7)4(6)5(8)9/h2-4,7H,1,6H2,(H,8,9)/t3-,4-/m0/s1. The maximum atomic E-state index is 9.97. The van der Waals surface area contributed by atoms with Crippen molar-refractivity contribution >= 4 is 5.97 Å². The molecule has 4 heteroatoms. The fourth-order valence-electron chi connectivity index (χ4n) is 0.293. The molecule has 0 unspecified atom stereocenters. The van der Waals surface area contributed by atoms with Gasteiger partial charge in [-0.15, -0.1) is 6.58 Å². The molecule has 0 amide bonds. The van der Waals surface area contributed by atoms with Gasteiger partial charge in [0.15, 0.2) is 0 Å². The van der Waals surface area contributed by atoms with Crippen LogP contribution in [-0.2, 0) is 4.79 Å². The van der Waals surface area contributed by atoms with Gasteiger partial charge in [-0.25, -0.2) is 0 Å². The van der Waals surface area contributed by atoms with Crippen LogP contribution < -0.4 is 5.73 Å². The highest BCUT2D eigenvalue weighted by Crippen LogP contribution is 1.89. The van der Waals surface area contributed by atoms with Gasteiger partial charge in [0.2, 0.25) is 0 Å². The first-order chi connectivity index (χ1) is 4.09. The number of rotatable bonds is 3. The number of carbonyl (C=O) groups is 1. The molecule has 0 bridgehead atoms. The topological polar surface area (TPSA) is 83.5 Å². The van der Waals surface area contributed by atoms with Crippen molar-refractivity contribution in [2.75, 3.05) is 0 Å². The van der Waals surface area contributed by atoms with E-state index >= 15 is 0 Å². The van der Waals surface area contributed by atoms with Gasteiger partial charge in [0, 0.05) is 0 Å². The van der Waals surface area contributed by atoms with Gasteiger partial charge in [0.25, 0.3) is 0 Å². The molecule has 4 N–H and O–H groups in total. The highest BCUT2D eigenvalue weighted by atomic mass is 16.4. The average Bonchev–Trinajstić information content (AvgIpc) is 1.84. The van der Waals surface area contributed by atoms with Crippen molar-refractivity contribution in [3.8, 4) is 0 Å². The fraction of sp³-hybridized carbons (Fsp3) is 0.400. The molecule has 0 saturated heterocycles. The van der Waals surface area contributed by atoms with Gasteiger partial charge in [-0.2, -0.15) is 0 Å². The molecule has 0 aliphatic rings. The van der Waals surface area contributed by atoms with Crippen LogP contribution in [0.3, 0.4) is 0 Å². The Morgan fingerprint density at radius 3 is 2.33 bits per heavy atom. The maximum Gasteiger partial charge on any atom is 0.323 e. The molecular formula is C5H9NO3. The second-order valence-corrected chi connectivity index (χ2v) is 1.59. The van der Waals surface area contributed by atoms with E-state index in [1.807, 2.05) is 0 Å². The Kier molecular flexibility index (Phi) is 2.90. The average molecular weight is 131 g/mol. The molecule has 0 aromatic heterocycles. The van der Waals surface area contributed by atoms with Gasteiger partial charge >= 0.3 is 5.97 Å².